The molecule has 0 saturated carbocycles. The Kier molecular flexibility index (Phi) is 7.77. The zero-order valence-electron chi connectivity index (χ0n) is 13.6. The molecule has 0 aromatic heterocycles. The van der Waals surface area contributed by atoms with Gasteiger partial charge in [-0.2, -0.15) is 5.26 Å². The Morgan fingerprint density at radius 2 is 1.90 bits per heavy atom. The first-order valence-corrected chi connectivity index (χ1v) is 9.89. The summed E-state index contributed by atoms with van der Waals surface area (Å²) < 4.78 is 10.6. The summed E-state index contributed by atoms with van der Waals surface area (Å²) in [5.41, 5.74) is 0.0813. The average Bonchev–Trinajstić information content (AvgIpc) is 2.35. The smallest absolute Gasteiger partial charge is 0.348 e. The molecule has 0 radical (unpaired) electrons. The number of nitriles is 1. The molecule has 0 aromatic carbocycles. The van der Waals surface area contributed by atoms with Gasteiger partial charge in [0.05, 0.1) is 7.11 Å². The van der Waals surface area contributed by atoms with Crippen LogP contribution in [-0.2, 0) is 14.0 Å². The van der Waals surface area contributed by atoms with Gasteiger partial charge in [0.2, 0.25) is 0 Å². The molecule has 0 rings (SSSR count). The molecule has 0 N–H and O–H groups in total. The van der Waals surface area contributed by atoms with Crippen molar-refractivity contribution in [3.63, 3.8) is 0 Å². The van der Waals surface area contributed by atoms with Crippen molar-refractivity contribution in [3.8, 4) is 6.07 Å². The lowest BCUT2D eigenvalue weighted by Gasteiger charge is -2.36. The predicted octanol–water partition coefficient (Wildman–Crippen LogP) is 3.80. The van der Waals surface area contributed by atoms with E-state index in [9.17, 15) is 4.79 Å². The Bertz CT molecular complexity index is 389. The van der Waals surface area contributed by atoms with E-state index in [-0.39, 0.29) is 10.6 Å². The molecule has 114 valence electrons. The molecule has 0 spiro atoms. The van der Waals surface area contributed by atoms with Crippen molar-refractivity contribution in [2.75, 3.05) is 13.7 Å². The third kappa shape index (κ3) is 6.35. The Morgan fingerprint density at radius 3 is 2.35 bits per heavy atom. The second kappa shape index (κ2) is 8.23. The summed E-state index contributed by atoms with van der Waals surface area (Å²) in [7, 11) is -0.381. The molecular weight excluding hydrogens is 270 g/mol. The Hall–Kier alpha value is -1.12. The minimum atomic E-state index is -1.66. The minimum absolute atomic E-state index is 0.0813. The van der Waals surface area contributed by atoms with Crippen molar-refractivity contribution in [1.29, 1.82) is 5.26 Å². The summed E-state index contributed by atoms with van der Waals surface area (Å²) in [6, 6.07) is 1.85. The molecule has 0 fully saturated rings. The van der Waals surface area contributed by atoms with Crippen LogP contribution in [0.1, 0.15) is 40.0 Å². The van der Waals surface area contributed by atoms with Gasteiger partial charge in [-0.25, -0.2) is 4.79 Å². The monoisotopic (exact) mass is 297 g/mol. The number of esters is 1. The van der Waals surface area contributed by atoms with E-state index in [0.717, 1.165) is 19.4 Å². The number of carbonyl (C=O) groups excluding carboxylic acids is 1. The van der Waals surface area contributed by atoms with Crippen LogP contribution in [0.3, 0.4) is 0 Å². The van der Waals surface area contributed by atoms with Gasteiger partial charge in [0.1, 0.15) is 11.6 Å². The lowest BCUT2D eigenvalue weighted by molar-refractivity contribution is -0.135. The number of hydrogen-bond donors (Lipinski definition) is 0. The highest BCUT2D eigenvalue weighted by Crippen LogP contribution is 2.36. The Balaban J connectivity index is 4.03. The summed E-state index contributed by atoms with van der Waals surface area (Å²) >= 11 is 0. The second-order valence-corrected chi connectivity index (χ2v) is 11.1. The van der Waals surface area contributed by atoms with Crippen LogP contribution in [0.15, 0.2) is 11.6 Å². The molecule has 0 bridgehead atoms. The van der Waals surface area contributed by atoms with Crippen molar-refractivity contribution < 1.29 is 14.0 Å². The highest BCUT2D eigenvalue weighted by atomic mass is 28.4. The van der Waals surface area contributed by atoms with Crippen LogP contribution >= 0.6 is 0 Å². The molecule has 0 aliphatic rings. The molecule has 5 heteroatoms. The molecule has 0 aliphatic carbocycles. The minimum Gasteiger partial charge on any atom is -0.465 e. The third-order valence-electron chi connectivity index (χ3n) is 3.74. The summed E-state index contributed by atoms with van der Waals surface area (Å²) in [4.78, 5) is 11.2. The van der Waals surface area contributed by atoms with Crippen LogP contribution in [0, 0.1) is 11.3 Å². The largest absolute Gasteiger partial charge is 0.465 e. The van der Waals surface area contributed by atoms with Gasteiger partial charge in [0.25, 0.3) is 0 Å². The molecule has 0 aromatic rings. The number of unbranched alkanes of at least 4 members (excludes halogenated alkanes) is 2. The first-order chi connectivity index (χ1) is 9.15. The second-order valence-electron chi connectivity index (χ2n) is 6.33. The van der Waals surface area contributed by atoms with Gasteiger partial charge in [0.15, 0.2) is 8.32 Å². The van der Waals surface area contributed by atoms with Gasteiger partial charge in [0, 0.05) is 6.61 Å². The van der Waals surface area contributed by atoms with Gasteiger partial charge in [-0.3, -0.25) is 0 Å². The zero-order chi connectivity index (χ0) is 15.8. The van der Waals surface area contributed by atoms with E-state index in [1.807, 2.05) is 6.07 Å². The maximum Gasteiger partial charge on any atom is 0.348 e. The fourth-order valence-corrected chi connectivity index (χ4v) is 2.41. The fourth-order valence-electron chi connectivity index (χ4n) is 1.32. The summed E-state index contributed by atoms with van der Waals surface area (Å²) in [5.74, 6) is -0.565. The summed E-state index contributed by atoms with van der Waals surface area (Å²) in [6.07, 6.45) is 4.16. The van der Waals surface area contributed by atoms with E-state index in [0.29, 0.717) is 6.42 Å². The number of hydrogen-bond acceptors (Lipinski definition) is 4. The lowest BCUT2D eigenvalue weighted by atomic mass is 10.2. The number of methoxy groups -OCH3 is 1. The lowest BCUT2D eigenvalue weighted by Crippen LogP contribution is -2.40. The maximum absolute atomic E-state index is 11.2. The van der Waals surface area contributed by atoms with Crippen molar-refractivity contribution >= 4 is 14.3 Å². The number of carbonyl (C=O) groups is 1. The molecular formula is C15H27NO3Si. The van der Waals surface area contributed by atoms with E-state index in [1.54, 1.807) is 6.08 Å². The van der Waals surface area contributed by atoms with Crippen LogP contribution in [-0.4, -0.2) is 28.0 Å². The molecule has 0 heterocycles. The molecule has 0 atom stereocenters. The summed E-state index contributed by atoms with van der Waals surface area (Å²) in [5, 5.41) is 9.02. The molecule has 0 aliphatic heterocycles. The highest BCUT2D eigenvalue weighted by Gasteiger charge is 2.36. The van der Waals surface area contributed by atoms with Crippen LogP contribution < -0.4 is 0 Å². The van der Waals surface area contributed by atoms with E-state index < -0.39 is 14.3 Å². The Morgan fingerprint density at radius 1 is 1.30 bits per heavy atom. The molecule has 0 amide bonds. The summed E-state index contributed by atoms with van der Waals surface area (Å²) in [6.45, 7) is 11.9. The van der Waals surface area contributed by atoms with Gasteiger partial charge in [-0.15, -0.1) is 0 Å². The van der Waals surface area contributed by atoms with Gasteiger partial charge >= 0.3 is 5.97 Å². The van der Waals surface area contributed by atoms with Crippen molar-refractivity contribution in [2.45, 2.75) is 58.2 Å². The zero-order valence-corrected chi connectivity index (χ0v) is 14.6. The average molecular weight is 297 g/mol. The first kappa shape index (κ1) is 18.9. The number of rotatable bonds is 7. The standard InChI is InChI=1S/C15H27NO3Si/c1-15(2,3)20(5,6)19-11-9-7-8-10-13(12-16)14(17)18-4/h10H,7-9,11H2,1-6H3/b13-10+. The Labute approximate surface area is 123 Å². The van der Waals surface area contributed by atoms with E-state index >= 15 is 0 Å². The SMILES string of the molecule is COC(=O)/C(C#N)=C/CCCCO[Si](C)(C)C(C)(C)C. The van der Waals surface area contributed by atoms with Crippen molar-refractivity contribution in [3.05, 3.63) is 11.6 Å². The number of allylic oxidation sites excluding steroid dienone is 1. The van der Waals surface area contributed by atoms with Gasteiger partial charge in [-0.1, -0.05) is 26.8 Å². The van der Waals surface area contributed by atoms with E-state index in [1.165, 1.54) is 7.11 Å². The normalized spacial score (nSPS) is 12.9. The van der Waals surface area contributed by atoms with Crippen LogP contribution in [0.4, 0.5) is 0 Å². The molecule has 0 saturated heterocycles. The number of nitrogens with zero attached hydrogens (tertiary/aromatic N) is 1. The van der Waals surface area contributed by atoms with Crippen LogP contribution in [0.5, 0.6) is 0 Å². The first-order valence-electron chi connectivity index (χ1n) is 6.98. The van der Waals surface area contributed by atoms with E-state index in [4.69, 9.17) is 9.69 Å². The van der Waals surface area contributed by atoms with Gasteiger partial charge in [-0.05, 0) is 37.4 Å². The molecule has 4 nitrogen and oxygen atoms in total. The number of ether oxygens (including phenoxy) is 1. The fraction of sp³-hybridized carbons (Fsp3) is 0.733. The molecule has 0 unspecified atom stereocenters. The van der Waals surface area contributed by atoms with Crippen molar-refractivity contribution in [2.24, 2.45) is 0 Å². The third-order valence-corrected chi connectivity index (χ3v) is 8.28. The van der Waals surface area contributed by atoms with Crippen LogP contribution in [0.2, 0.25) is 18.1 Å². The quantitative estimate of drug-likeness (QED) is 0.236. The highest BCUT2D eigenvalue weighted by molar-refractivity contribution is 6.74. The van der Waals surface area contributed by atoms with E-state index in [2.05, 4.69) is 38.6 Å². The van der Waals surface area contributed by atoms with Crippen LogP contribution in [0.25, 0.3) is 0 Å². The van der Waals surface area contributed by atoms with Gasteiger partial charge < -0.3 is 9.16 Å². The topological polar surface area (TPSA) is 59.3 Å². The molecule has 20 heavy (non-hydrogen) atoms. The van der Waals surface area contributed by atoms with Crippen molar-refractivity contribution in [1.82, 2.24) is 0 Å². The maximum atomic E-state index is 11.2. The predicted molar refractivity (Wildman–Crippen MR) is 82.7 cm³/mol.